The Morgan fingerprint density at radius 2 is 1.94 bits per heavy atom. The lowest BCUT2D eigenvalue weighted by atomic mass is 10.1. The summed E-state index contributed by atoms with van der Waals surface area (Å²) in [4.78, 5) is 14.9. The molecule has 0 amide bonds. The highest BCUT2D eigenvalue weighted by molar-refractivity contribution is 5.93. The van der Waals surface area contributed by atoms with Gasteiger partial charge in [0.1, 0.15) is 5.52 Å². The molecule has 2 aromatic heterocycles. The first kappa shape index (κ1) is 9.77. The normalized spacial score (nSPS) is 10.9. The highest BCUT2D eigenvalue weighted by atomic mass is 16.1. The third kappa shape index (κ3) is 1.44. The van der Waals surface area contributed by atoms with E-state index in [0.717, 1.165) is 17.0 Å². The number of nitrogens with one attached hydrogen (secondary N) is 2. The SMILES string of the molecule is Cc1[nH]c(-c2ccccc2)c2nn[nH]c(=O)c12. The number of hydrogen-bond donors (Lipinski definition) is 2. The van der Waals surface area contributed by atoms with Gasteiger partial charge in [-0.1, -0.05) is 35.5 Å². The van der Waals surface area contributed by atoms with Crippen molar-refractivity contribution in [1.82, 2.24) is 20.4 Å². The van der Waals surface area contributed by atoms with Gasteiger partial charge in [0.25, 0.3) is 5.56 Å². The number of fused-ring (bicyclic) bond motifs is 1. The van der Waals surface area contributed by atoms with Crippen molar-refractivity contribution in [3.63, 3.8) is 0 Å². The second-order valence-corrected chi connectivity index (χ2v) is 3.86. The summed E-state index contributed by atoms with van der Waals surface area (Å²) in [5, 5.41) is 10.5. The molecule has 3 aromatic rings. The lowest BCUT2D eigenvalue weighted by Gasteiger charge is -1.97. The number of rotatable bonds is 1. The lowest BCUT2D eigenvalue weighted by molar-refractivity contribution is 0.873. The average Bonchev–Trinajstić information content (AvgIpc) is 2.69. The molecule has 0 radical (unpaired) electrons. The highest BCUT2D eigenvalue weighted by Crippen LogP contribution is 2.25. The highest BCUT2D eigenvalue weighted by Gasteiger charge is 2.13. The minimum absolute atomic E-state index is 0.217. The molecular formula is C12H10N4O. The van der Waals surface area contributed by atoms with Gasteiger partial charge in [0.05, 0.1) is 11.1 Å². The summed E-state index contributed by atoms with van der Waals surface area (Å²) in [5.41, 5.74) is 3.01. The maximum atomic E-state index is 11.7. The van der Waals surface area contributed by atoms with Crippen LogP contribution in [0.2, 0.25) is 0 Å². The molecule has 3 rings (SSSR count). The van der Waals surface area contributed by atoms with Crippen LogP contribution in [0.4, 0.5) is 0 Å². The number of aromatic nitrogens is 4. The summed E-state index contributed by atoms with van der Waals surface area (Å²) in [6, 6.07) is 9.76. The van der Waals surface area contributed by atoms with Crippen molar-refractivity contribution in [3.05, 3.63) is 46.4 Å². The summed E-state index contributed by atoms with van der Waals surface area (Å²) in [7, 11) is 0. The first-order valence-corrected chi connectivity index (χ1v) is 5.26. The molecule has 2 heterocycles. The van der Waals surface area contributed by atoms with Crippen molar-refractivity contribution >= 4 is 10.9 Å². The van der Waals surface area contributed by atoms with Crippen LogP contribution in [-0.2, 0) is 0 Å². The van der Waals surface area contributed by atoms with Crippen LogP contribution in [-0.4, -0.2) is 20.4 Å². The monoisotopic (exact) mass is 226 g/mol. The van der Waals surface area contributed by atoms with Crippen LogP contribution >= 0.6 is 0 Å². The van der Waals surface area contributed by atoms with E-state index in [-0.39, 0.29) is 5.56 Å². The zero-order chi connectivity index (χ0) is 11.8. The van der Waals surface area contributed by atoms with Crippen molar-refractivity contribution < 1.29 is 0 Å². The Labute approximate surface area is 96.5 Å². The molecule has 0 saturated heterocycles. The summed E-state index contributed by atoms with van der Waals surface area (Å²) in [5.74, 6) is 0. The third-order valence-electron chi connectivity index (χ3n) is 2.75. The Bertz CT molecular complexity index is 727. The lowest BCUT2D eigenvalue weighted by Crippen LogP contribution is -2.09. The second-order valence-electron chi connectivity index (χ2n) is 3.86. The Balaban J connectivity index is 2.40. The second kappa shape index (κ2) is 3.55. The van der Waals surface area contributed by atoms with Crippen LogP contribution < -0.4 is 5.56 Å². The molecule has 0 saturated carbocycles. The van der Waals surface area contributed by atoms with Crippen molar-refractivity contribution in [2.45, 2.75) is 6.92 Å². The van der Waals surface area contributed by atoms with Gasteiger partial charge in [-0.05, 0) is 6.92 Å². The summed E-state index contributed by atoms with van der Waals surface area (Å²) >= 11 is 0. The maximum Gasteiger partial charge on any atom is 0.276 e. The van der Waals surface area contributed by atoms with E-state index in [2.05, 4.69) is 20.4 Å². The number of benzene rings is 1. The summed E-state index contributed by atoms with van der Waals surface area (Å²) in [6.07, 6.45) is 0. The van der Waals surface area contributed by atoms with Crippen LogP contribution in [0.3, 0.4) is 0 Å². The number of aryl methyl sites for hydroxylation is 1. The standard InChI is InChI=1S/C12H10N4O/c1-7-9-11(14-16-15-12(9)17)10(13-7)8-5-3-2-4-6-8/h2-6,13H,1H3,(H,14,15,17). The van der Waals surface area contributed by atoms with Crippen molar-refractivity contribution in [2.24, 2.45) is 0 Å². The molecule has 2 N–H and O–H groups in total. The zero-order valence-corrected chi connectivity index (χ0v) is 9.19. The molecule has 5 heteroatoms. The Morgan fingerprint density at radius 1 is 1.18 bits per heavy atom. The van der Waals surface area contributed by atoms with Gasteiger partial charge in [0.15, 0.2) is 0 Å². The van der Waals surface area contributed by atoms with Crippen molar-refractivity contribution in [1.29, 1.82) is 0 Å². The van der Waals surface area contributed by atoms with E-state index >= 15 is 0 Å². The fraction of sp³-hybridized carbons (Fsp3) is 0.0833. The van der Waals surface area contributed by atoms with E-state index in [4.69, 9.17) is 0 Å². The van der Waals surface area contributed by atoms with Crippen LogP contribution in [0.25, 0.3) is 22.2 Å². The molecule has 17 heavy (non-hydrogen) atoms. The molecule has 0 aliphatic rings. The molecule has 5 nitrogen and oxygen atoms in total. The van der Waals surface area contributed by atoms with E-state index < -0.39 is 0 Å². The van der Waals surface area contributed by atoms with Gasteiger partial charge in [-0.3, -0.25) is 4.79 Å². The van der Waals surface area contributed by atoms with Gasteiger partial charge in [-0.15, -0.1) is 5.10 Å². The minimum Gasteiger partial charge on any atom is -0.356 e. The van der Waals surface area contributed by atoms with Crippen LogP contribution in [0, 0.1) is 6.92 Å². The molecule has 0 aliphatic heterocycles. The van der Waals surface area contributed by atoms with Gasteiger partial charge in [-0.25, -0.2) is 5.10 Å². The van der Waals surface area contributed by atoms with Crippen LogP contribution in [0.15, 0.2) is 35.1 Å². The average molecular weight is 226 g/mol. The van der Waals surface area contributed by atoms with E-state index in [1.54, 1.807) is 0 Å². The Kier molecular flexibility index (Phi) is 2.04. The number of H-pyrrole nitrogens is 2. The quantitative estimate of drug-likeness (QED) is 0.662. The van der Waals surface area contributed by atoms with Gasteiger partial charge < -0.3 is 4.98 Å². The van der Waals surface area contributed by atoms with E-state index in [0.29, 0.717) is 10.9 Å². The molecule has 1 aromatic carbocycles. The fourth-order valence-corrected chi connectivity index (χ4v) is 1.98. The maximum absolute atomic E-state index is 11.7. The molecule has 0 spiro atoms. The summed E-state index contributed by atoms with van der Waals surface area (Å²) in [6.45, 7) is 1.85. The molecule has 0 unspecified atom stereocenters. The fourth-order valence-electron chi connectivity index (χ4n) is 1.98. The van der Waals surface area contributed by atoms with Crippen LogP contribution in [0.5, 0.6) is 0 Å². The largest absolute Gasteiger partial charge is 0.356 e. The predicted octanol–water partition coefficient (Wildman–Crippen LogP) is 1.62. The van der Waals surface area contributed by atoms with Crippen molar-refractivity contribution in [3.8, 4) is 11.3 Å². The van der Waals surface area contributed by atoms with Gasteiger partial charge in [0.2, 0.25) is 0 Å². The Morgan fingerprint density at radius 3 is 2.71 bits per heavy atom. The number of aromatic amines is 2. The van der Waals surface area contributed by atoms with E-state index in [1.807, 2.05) is 37.3 Å². The molecule has 0 atom stereocenters. The number of hydrogen-bond acceptors (Lipinski definition) is 3. The van der Waals surface area contributed by atoms with Gasteiger partial charge in [0, 0.05) is 11.3 Å². The molecule has 84 valence electrons. The smallest absolute Gasteiger partial charge is 0.276 e. The van der Waals surface area contributed by atoms with E-state index in [9.17, 15) is 4.79 Å². The molecule has 0 aliphatic carbocycles. The van der Waals surface area contributed by atoms with Gasteiger partial charge >= 0.3 is 0 Å². The Hall–Kier alpha value is -2.43. The summed E-state index contributed by atoms with van der Waals surface area (Å²) < 4.78 is 0. The molecule has 0 fully saturated rings. The molecule has 0 bridgehead atoms. The first-order chi connectivity index (χ1) is 8.27. The predicted molar refractivity (Wildman–Crippen MR) is 64.7 cm³/mol. The van der Waals surface area contributed by atoms with Gasteiger partial charge in [-0.2, -0.15) is 0 Å². The first-order valence-electron chi connectivity index (χ1n) is 5.26. The minimum atomic E-state index is -0.217. The number of nitrogens with zero attached hydrogens (tertiary/aromatic N) is 2. The molecular weight excluding hydrogens is 216 g/mol. The third-order valence-corrected chi connectivity index (χ3v) is 2.75. The van der Waals surface area contributed by atoms with Crippen LogP contribution in [0.1, 0.15) is 5.69 Å². The van der Waals surface area contributed by atoms with E-state index in [1.165, 1.54) is 0 Å². The van der Waals surface area contributed by atoms with Crippen molar-refractivity contribution in [2.75, 3.05) is 0 Å². The zero-order valence-electron chi connectivity index (χ0n) is 9.19. The topological polar surface area (TPSA) is 74.4 Å².